The predicted octanol–water partition coefficient (Wildman–Crippen LogP) is 4.25. The average Bonchev–Trinajstić information content (AvgIpc) is 3.69. The Labute approximate surface area is 349 Å². The normalized spacial score (nSPS) is 24.9. The minimum Gasteiger partial charge on any atom is -0.550 e. The van der Waals surface area contributed by atoms with E-state index in [0.29, 0.717) is 13.2 Å². The van der Waals surface area contributed by atoms with Gasteiger partial charge in [0.2, 0.25) is 0 Å². The number of aliphatic hydroxyl groups excluding tert-OH is 2. The Morgan fingerprint density at radius 3 is 1.49 bits per heavy atom. The topological polar surface area (TPSA) is 136 Å². The van der Waals surface area contributed by atoms with Gasteiger partial charge in [-0.3, -0.25) is 4.79 Å². The van der Waals surface area contributed by atoms with E-state index < -0.39 is 11.9 Å². The third kappa shape index (κ3) is 13.3. The third-order valence-corrected chi connectivity index (χ3v) is 11.4. The van der Waals surface area contributed by atoms with Crippen molar-refractivity contribution in [2.45, 2.75) is 128 Å². The van der Waals surface area contributed by atoms with Gasteiger partial charge in [-0.1, -0.05) is 48.3 Å². The van der Waals surface area contributed by atoms with Crippen LogP contribution >= 0.6 is 0 Å². The maximum absolute atomic E-state index is 11.0. The maximum atomic E-state index is 11.0. The smallest absolute Gasteiger partial charge is 0.550 e. The fourth-order valence-corrected chi connectivity index (χ4v) is 8.83. The van der Waals surface area contributed by atoms with Crippen LogP contribution in [0.1, 0.15) is 127 Å². The molecule has 2 aromatic carbocycles. The van der Waals surface area contributed by atoms with Gasteiger partial charge in [0.15, 0.2) is 0 Å². The molecule has 6 atom stereocenters. The van der Waals surface area contributed by atoms with Gasteiger partial charge >= 0.3 is 35.5 Å². The van der Waals surface area contributed by atoms with Gasteiger partial charge in [0, 0.05) is 12.4 Å². The molecule has 3 N–H and O–H groups in total. The number of carboxylic acid groups (broad SMARTS) is 2. The summed E-state index contributed by atoms with van der Waals surface area (Å²) in [5.74, 6) is 10.4. The number of benzene rings is 2. The van der Waals surface area contributed by atoms with Crippen LogP contribution < -0.4 is 44.1 Å². The molecule has 55 heavy (non-hydrogen) atoms. The molecule has 0 aromatic heterocycles. The Bertz CT molecular complexity index is 1640. The molecule has 0 saturated heterocycles. The number of hydrogen-bond donors (Lipinski definition) is 3. The number of hydrogen-bond acceptors (Lipinski definition) is 7. The predicted molar refractivity (Wildman–Crippen MR) is 207 cm³/mol. The van der Waals surface area contributed by atoms with E-state index in [1.165, 1.54) is 24.0 Å². The van der Waals surface area contributed by atoms with Crippen molar-refractivity contribution in [1.29, 1.82) is 0 Å². The van der Waals surface area contributed by atoms with Gasteiger partial charge in [0.1, 0.15) is 24.7 Å². The first-order chi connectivity index (χ1) is 26.0. The largest absolute Gasteiger partial charge is 1.00 e. The molecule has 0 bridgehead atoms. The summed E-state index contributed by atoms with van der Waals surface area (Å²) in [6.07, 6.45) is 16.8. The van der Waals surface area contributed by atoms with Crippen molar-refractivity contribution in [2.75, 3.05) is 13.2 Å². The summed E-state index contributed by atoms with van der Waals surface area (Å²) < 4.78 is 11.9. The molecule has 4 aliphatic carbocycles. The van der Waals surface area contributed by atoms with Crippen LogP contribution in [0, 0.1) is 34.5 Å². The van der Waals surface area contributed by atoms with E-state index in [9.17, 15) is 24.9 Å². The van der Waals surface area contributed by atoms with Gasteiger partial charge in [-0.2, -0.15) is 0 Å². The first-order valence-corrected chi connectivity index (χ1v) is 19.5. The molecule has 288 valence electrons. The zero-order valence-corrected chi connectivity index (χ0v) is 34.8. The van der Waals surface area contributed by atoms with Gasteiger partial charge < -0.3 is 34.7 Å². The molecule has 6 rings (SSSR count). The Balaban J connectivity index is 0.000000240. The standard InChI is InChI=1S/2C23H28O4.Na/c2*1-2-4-19(13-22(25)26)18-6-8-21(9-7-18)27-16-17-5-3-11-23(14-17)12-10-20(24)15-23;/h2*6-9,14,19-20,24H,3,5,10-13,15-16H2,1H3,(H,25,26);/q;;+1/p-1/t2*19-,20-,23+;/m00./s1. The van der Waals surface area contributed by atoms with E-state index in [4.69, 9.17) is 14.6 Å². The van der Waals surface area contributed by atoms with Gasteiger partial charge in [-0.15, -0.1) is 11.8 Å². The number of carbonyl (C=O) groups excluding carboxylic acids is 1. The Kier molecular flexibility index (Phi) is 17.0. The number of rotatable bonds is 12. The average molecular weight is 759 g/mol. The molecule has 9 heteroatoms. The van der Waals surface area contributed by atoms with Gasteiger partial charge in [0.25, 0.3) is 0 Å². The van der Waals surface area contributed by atoms with Crippen molar-refractivity contribution < 1.29 is 69.0 Å². The van der Waals surface area contributed by atoms with Crippen LogP contribution in [-0.4, -0.2) is 52.7 Å². The quantitative estimate of drug-likeness (QED) is 0.166. The number of carboxylic acids is 2. The van der Waals surface area contributed by atoms with Crippen LogP contribution in [0.2, 0.25) is 0 Å². The van der Waals surface area contributed by atoms with Crippen LogP contribution in [0.25, 0.3) is 0 Å². The molecular formula is C46H55NaO8. The molecule has 4 aliphatic rings. The summed E-state index contributed by atoms with van der Waals surface area (Å²) in [4.78, 5) is 21.9. The number of ether oxygens (including phenoxy) is 2. The number of aliphatic carboxylic acids is 2. The molecule has 2 spiro atoms. The van der Waals surface area contributed by atoms with E-state index in [1.54, 1.807) is 13.8 Å². The Morgan fingerprint density at radius 2 is 1.15 bits per heavy atom. The van der Waals surface area contributed by atoms with E-state index in [-0.39, 0.29) is 77.3 Å². The summed E-state index contributed by atoms with van der Waals surface area (Å²) >= 11 is 0. The minimum atomic E-state index is -1.10. The van der Waals surface area contributed by atoms with Crippen molar-refractivity contribution >= 4 is 11.9 Å². The van der Waals surface area contributed by atoms with Crippen molar-refractivity contribution in [3.05, 3.63) is 83.0 Å². The van der Waals surface area contributed by atoms with Crippen LogP contribution in [0.4, 0.5) is 0 Å². The summed E-state index contributed by atoms with van der Waals surface area (Å²) in [6, 6.07) is 15.1. The molecule has 0 aliphatic heterocycles. The fourth-order valence-electron chi connectivity index (χ4n) is 8.83. The van der Waals surface area contributed by atoms with E-state index >= 15 is 0 Å². The summed E-state index contributed by atoms with van der Waals surface area (Å²) in [5, 5.41) is 39.7. The molecule has 0 amide bonds. The molecule has 2 saturated carbocycles. The van der Waals surface area contributed by atoms with Gasteiger partial charge in [0.05, 0.1) is 30.5 Å². The zero-order chi connectivity index (χ0) is 38.6. The number of allylic oxidation sites excluding steroid dienone is 2. The molecule has 0 unspecified atom stereocenters. The monoisotopic (exact) mass is 758 g/mol. The number of aliphatic hydroxyl groups is 2. The zero-order valence-electron chi connectivity index (χ0n) is 32.8. The second kappa shape index (κ2) is 21.1. The molecule has 0 radical (unpaired) electrons. The summed E-state index contributed by atoms with van der Waals surface area (Å²) in [5.41, 5.74) is 4.75. The van der Waals surface area contributed by atoms with Crippen molar-refractivity contribution in [3.63, 3.8) is 0 Å². The van der Waals surface area contributed by atoms with E-state index in [0.717, 1.165) is 86.8 Å². The molecular weight excluding hydrogens is 703 g/mol. The molecule has 2 fully saturated rings. The second-order valence-corrected chi connectivity index (χ2v) is 15.6. The van der Waals surface area contributed by atoms with Crippen molar-refractivity contribution in [2.24, 2.45) is 10.8 Å². The molecule has 8 nitrogen and oxygen atoms in total. The van der Waals surface area contributed by atoms with Crippen LogP contribution in [0.15, 0.2) is 71.8 Å². The molecule has 2 aromatic rings. The maximum Gasteiger partial charge on any atom is 1.00 e. The number of carbonyl (C=O) groups is 2. The van der Waals surface area contributed by atoms with Crippen molar-refractivity contribution in [3.8, 4) is 35.2 Å². The second-order valence-electron chi connectivity index (χ2n) is 15.6. The van der Waals surface area contributed by atoms with Gasteiger partial charge in [-0.05, 0) is 148 Å². The summed E-state index contributed by atoms with van der Waals surface area (Å²) in [7, 11) is 0. The minimum absolute atomic E-state index is 0. The SMILES string of the molecule is CC#C[C@@H](CC(=O)O)c1ccc(OCC2=C[C@@]3(CCC2)CC[C@H](O)C3)cc1.CC#C[C@@H](CC(=O)[O-])c1ccc(OCC2=C[C@@]3(CCC2)CC[C@H](O)C3)cc1.[Na+]. The Morgan fingerprint density at radius 1 is 0.727 bits per heavy atom. The van der Waals surface area contributed by atoms with E-state index in [2.05, 4.69) is 35.8 Å². The first kappa shape index (κ1) is 44.2. The van der Waals surface area contributed by atoms with Crippen LogP contribution in [0.5, 0.6) is 11.5 Å². The van der Waals surface area contributed by atoms with Gasteiger partial charge in [-0.25, -0.2) is 0 Å². The first-order valence-electron chi connectivity index (χ1n) is 19.5. The van der Waals surface area contributed by atoms with E-state index in [1.807, 2.05) is 48.5 Å². The van der Waals surface area contributed by atoms with Crippen molar-refractivity contribution in [1.82, 2.24) is 0 Å². The van der Waals surface area contributed by atoms with Crippen LogP contribution in [0.3, 0.4) is 0 Å². The third-order valence-electron chi connectivity index (χ3n) is 11.4. The molecule has 0 heterocycles. The van der Waals surface area contributed by atoms with Crippen LogP contribution in [-0.2, 0) is 9.59 Å². The summed E-state index contributed by atoms with van der Waals surface area (Å²) in [6.45, 7) is 4.56. The fraction of sp³-hybridized carbons (Fsp3) is 0.522. The Hall–Kier alpha value is -3.50.